The monoisotopic (exact) mass is 344 g/mol. The summed E-state index contributed by atoms with van der Waals surface area (Å²) in [6, 6.07) is 3.23. The van der Waals surface area contributed by atoms with Crippen molar-refractivity contribution in [3.8, 4) is 0 Å². The Labute approximate surface area is 136 Å². The van der Waals surface area contributed by atoms with Crippen LogP contribution < -0.4 is 10.9 Å². The number of hydrogen-bond acceptors (Lipinski definition) is 3. The van der Waals surface area contributed by atoms with Crippen molar-refractivity contribution in [2.45, 2.75) is 26.8 Å². The first kappa shape index (κ1) is 16.1. The van der Waals surface area contributed by atoms with E-state index in [-0.39, 0.29) is 11.5 Å². The number of halogens is 2. The van der Waals surface area contributed by atoms with Gasteiger partial charge < -0.3 is 9.88 Å². The number of aromatic nitrogens is 1. The maximum absolute atomic E-state index is 12.2. The van der Waals surface area contributed by atoms with Crippen molar-refractivity contribution in [1.29, 1.82) is 0 Å². The molecule has 7 heteroatoms. The topological polar surface area (TPSA) is 51.1 Å². The number of carbonyl (C=O) groups excluding carboxylic acids is 1. The lowest BCUT2D eigenvalue weighted by Crippen LogP contribution is -2.23. The molecule has 2 aromatic rings. The van der Waals surface area contributed by atoms with Crippen molar-refractivity contribution in [3.05, 3.63) is 48.5 Å². The zero-order valence-corrected chi connectivity index (χ0v) is 13.9. The normalized spacial score (nSPS) is 10.7. The first-order chi connectivity index (χ1) is 9.96. The second-order valence-corrected chi connectivity index (χ2v) is 6.45. The Hall–Kier alpha value is -1.30. The summed E-state index contributed by atoms with van der Waals surface area (Å²) in [4.78, 5) is 24.6. The van der Waals surface area contributed by atoms with Gasteiger partial charge in [-0.15, -0.1) is 11.3 Å². The number of amides is 1. The molecule has 0 aliphatic rings. The number of pyridine rings is 1. The van der Waals surface area contributed by atoms with Crippen LogP contribution in [-0.2, 0) is 13.0 Å². The molecule has 0 atom stereocenters. The maximum atomic E-state index is 12.2. The van der Waals surface area contributed by atoms with E-state index in [9.17, 15) is 9.59 Å². The predicted octanol–water partition coefficient (Wildman–Crippen LogP) is 4.05. The standard InChI is InChI=1S/C14H14Cl2N2O2S/c1-3-8-5-9(7-18(4-2)14(8)20)17-13(19)11-6-10(15)12(16)21-11/h5-7H,3-4H2,1-2H3,(H,17,19). The van der Waals surface area contributed by atoms with Gasteiger partial charge in [-0.25, -0.2) is 0 Å². The molecule has 0 aliphatic carbocycles. The average Bonchev–Trinajstić information content (AvgIpc) is 2.80. The van der Waals surface area contributed by atoms with Crippen LogP contribution in [0.25, 0.3) is 0 Å². The molecule has 0 spiro atoms. The van der Waals surface area contributed by atoms with Crippen LogP contribution in [0.3, 0.4) is 0 Å². The summed E-state index contributed by atoms with van der Waals surface area (Å²) < 4.78 is 1.96. The highest BCUT2D eigenvalue weighted by atomic mass is 35.5. The fourth-order valence-electron chi connectivity index (χ4n) is 1.91. The quantitative estimate of drug-likeness (QED) is 0.909. The fraction of sp³-hybridized carbons (Fsp3) is 0.286. The van der Waals surface area contributed by atoms with Gasteiger partial charge in [0.25, 0.3) is 11.5 Å². The van der Waals surface area contributed by atoms with Gasteiger partial charge in [0.1, 0.15) is 4.34 Å². The minimum absolute atomic E-state index is 0.0276. The number of thiophene rings is 1. The van der Waals surface area contributed by atoms with Crippen LogP contribution in [0.4, 0.5) is 5.69 Å². The molecule has 0 unspecified atom stereocenters. The highest BCUT2D eigenvalue weighted by molar-refractivity contribution is 7.18. The van der Waals surface area contributed by atoms with Crippen LogP contribution in [0.15, 0.2) is 23.1 Å². The third-order valence-corrected chi connectivity index (χ3v) is 4.87. The van der Waals surface area contributed by atoms with E-state index < -0.39 is 0 Å². The molecule has 1 N–H and O–H groups in total. The number of anilines is 1. The molecule has 21 heavy (non-hydrogen) atoms. The summed E-state index contributed by atoms with van der Waals surface area (Å²) in [7, 11) is 0. The Morgan fingerprint density at radius 2 is 2.05 bits per heavy atom. The van der Waals surface area contributed by atoms with Gasteiger partial charge in [-0.2, -0.15) is 0 Å². The Kier molecular flexibility index (Phi) is 5.08. The maximum Gasteiger partial charge on any atom is 0.265 e. The smallest absolute Gasteiger partial charge is 0.265 e. The first-order valence-electron chi connectivity index (χ1n) is 6.45. The van der Waals surface area contributed by atoms with Gasteiger partial charge in [0, 0.05) is 18.3 Å². The van der Waals surface area contributed by atoms with E-state index in [2.05, 4.69) is 5.32 Å². The summed E-state index contributed by atoms with van der Waals surface area (Å²) in [6.07, 6.45) is 2.25. The van der Waals surface area contributed by atoms with E-state index in [1.807, 2.05) is 13.8 Å². The molecule has 4 nitrogen and oxygen atoms in total. The summed E-state index contributed by atoms with van der Waals surface area (Å²) in [5.41, 5.74) is 1.22. The predicted molar refractivity (Wildman–Crippen MR) is 88.0 cm³/mol. The Balaban J connectivity index is 2.31. The minimum Gasteiger partial charge on any atom is -0.320 e. The lowest BCUT2D eigenvalue weighted by Gasteiger charge is -2.10. The zero-order valence-electron chi connectivity index (χ0n) is 11.6. The summed E-state index contributed by atoms with van der Waals surface area (Å²) in [5.74, 6) is -0.294. The highest BCUT2D eigenvalue weighted by Crippen LogP contribution is 2.31. The highest BCUT2D eigenvalue weighted by Gasteiger charge is 2.14. The lowest BCUT2D eigenvalue weighted by atomic mass is 10.2. The molecule has 2 heterocycles. The Morgan fingerprint density at radius 1 is 1.33 bits per heavy atom. The van der Waals surface area contributed by atoms with Gasteiger partial charge in [-0.05, 0) is 25.5 Å². The Morgan fingerprint density at radius 3 is 2.57 bits per heavy atom. The minimum atomic E-state index is -0.294. The van der Waals surface area contributed by atoms with Crippen LogP contribution >= 0.6 is 34.5 Å². The van der Waals surface area contributed by atoms with E-state index in [0.29, 0.717) is 38.5 Å². The fourth-order valence-corrected chi connectivity index (χ4v) is 3.17. The summed E-state index contributed by atoms with van der Waals surface area (Å²) in [5, 5.41) is 3.13. The van der Waals surface area contributed by atoms with Gasteiger partial charge >= 0.3 is 0 Å². The van der Waals surface area contributed by atoms with E-state index >= 15 is 0 Å². The number of aryl methyl sites for hydroxylation is 2. The molecule has 0 aliphatic heterocycles. The number of carbonyl (C=O) groups is 1. The number of hydrogen-bond donors (Lipinski definition) is 1. The van der Waals surface area contributed by atoms with Crippen LogP contribution in [-0.4, -0.2) is 10.5 Å². The second kappa shape index (κ2) is 6.64. The molecule has 2 aromatic heterocycles. The molecule has 0 fully saturated rings. The van der Waals surface area contributed by atoms with Crippen LogP contribution in [0.1, 0.15) is 29.1 Å². The zero-order chi connectivity index (χ0) is 15.6. The van der Waals surface area contributed by atoms with Gasteiger partial charge in [0.05, 0.1) is 15.6 Å². The van der Waals surface area contributed by atoms with Crippen molar-refractivity contribution in [2.24, 2.45) is 0 Å². The summed E-state index contributed by atoms with van der Waals surface area (Å²) >= 11 is 12.8. The van der Waals surface area contributed by atoms with E-state index in [1.54, 1.807) is 16.8 Å². The van der Waals surface area contributed by atoms with Crippen molar-refractivity contribution in [2.75, 3.05) is 5.32 Å². The molecule has 0 saturated heterocycles. The number of nitrogens with one attached hydrogen (secondary N) is 1. The van der Waals surface area contributed by atoms with Gasteiger partial charge in [0.15, 0.2) is 0 Å². The largest absolute Gasteiger partial charge is 0.320 e. The van der Waals surface area contributed by atoms with Crippen LogP contribution in [0.2, 0.25) is 9.36 Å². The van der Waals surface area contributed by atoms with Crippen LogP contribution in [0, 0.1) is 0 Å². The first-order valence-corrected chi connectivity index (χ1v) is 8.03. The molecule has 0 radical (unpaired) electrons. The molecule has 1 amide bonds. The molecular formula is C14H14Cl2N2O2S. The molecule has 2 rings (SSSR count). The van der Waals surface area contributed by atoms with Crippen molar-refractivity contribution in [1.82, 2.24) is 4.57 Å². The van der Waals surface area contributed by atoms with Crippen molar-refractivity contribution >= 4 is 46.1 Å². The molecule has 0 aromatic carbocycles. The SMILES string of the molecule is CCc1cc(NC(=O)c2cc(Cl)c(Cl)s2)cn(CC)c1=O. The van der Waals surface area contributed by atoms with Gasteiger partial charge in [-0.1, -0.05) is 30.1 Å². The third kappa shape index (κ3) is 3.48. The second-order valence-electron chi connectivity index (χ2n) is 4.39. The molecule has 0 saturated carbocycles. The number of rotatable bonds is 4. The molecule has 112 valence electrons. The van der Waals surface area contributed by atoms with E-state index in [0.717, 1.165) is 11.3 Å². The van der Waals surface area contributed by atoms with Crippen molar-refractivity contribution < 1.29 is 4.79 Å². The van der Waals surface area contributed by atoms with Crippen molar-refractivity contribution in [3.63, 3.8) is 0 Å². The van der Waals surface area contributed by atoms with E-state index in [1.165, 1.54) is 6.07 Å². The Bertz CT molecular complexity index is 689. The lowest BCUT2D eigenvalue weighted by molar-refractivity contribution is 0.103. The average molecular weight is 345 g/mol. The van der Waals surface area contributed by atoms with E-state index in [4.69, 9.17) is 23.2 Å². The third-order valence-electron chi connectivity index (χ3n) is 3.01. The van der Waals surface area contributed by atoms with Crippen LogP contribution in [0.5, 0.6) is 0 Å². The van der Waals surface area contributed by atoms with Gasteiger partial charge in [0.2, 0.25) is 0 Å². The number of nitrogens with zero attached hydrogens (tertiary/aromatic N) is 1. The summed E-state index contributed by atoms with van der Waals surface area (Å²) in [6.45, 7) is 4.33. The van der Waals surface area contributed by atoms with Gasteiger partial charge in [-0.3, -0.25) is 9.59 Å². The molecule has 0 bridgehead atoms. The molecular weight excluding hydrogens is 331 g/mol.